The van der Waals surface area contributed by atoms with E-state index in [-0.39, 0.29) is 23.3 Å². The molecule has 0 unspecified atom stereocenters. The third-order valence-electron chi connectivity index (χ3n) is 6.44. The molecule has 2 N–H and O–H groups in total. The smallest absolute Gasteiger partial charge is 0.224 e. The summed E-state index contributed by atoms with van der Waals surface area (Å²) in [6.07, 6.45) is 0.395. The number of sulfone groups is 1. The Kier molecular flexibility index (Phi) is 5.77. The maximum Gasteiger partial charge on any atom is 0.224 e. The molecule has 1 fully saturated rings. The summed E-state index contributed by atoms with van der Waals surface area (Å²) in [5, 5.41) is 4.19. The highest BCUT2D eigenvalue weighted by atomic mass is 32.2. The van der Waals surface area contributed by atoms with Crippen molar-refractivity contribution in [2.75, 3.05) is 18.1 Å². The van der Waals surface area contributed by atoms with Crippen molar-refractivity contribution in [1.29, 1.82) is 0 Å². The van der Waals surface area contributed by atoms with Crippen LogP contribution in [0.4, 0.5) is 0 Å². The van der Waals surface area contributed by atoms with E-state index in [1.54, 1.807) is 0 Å². The summed E-state index contributed by atoms with van der Waals surface area (Å²) in [4.78, 5) is 16.5. The topological polar surface area (TPSA) is 79.0 Å². The molecule has 5 nitrogen and oxygen atoms in total. The van der Waals surface area contributed by atoms with Gasteiger partial charge in [0.2, 0.25) is 5.91 Å². The summed E-state index contributed by atoms with van der Waals surface area (Å²) in [5.41, 5.74) is 5.38. The van der Waals surface area contributed by atoms with Crippen LogP contribution in [0, 0.1) is 5.92 Å². The minimum atomic E-state index is -3.11. The number of aromatic amines is 1. The van der Waals surface area contributed by atoms with Crippen LogP contribution in [0.1, 0.15) is 23.5 Å². The molecule has 3 aromatic carbocycles. The summed E-state index contributed by atoms with van der Waals surface area (Å²) >= 11 is 0. The van der Waals surface area contributed by atoms with Gasteiger partial charge in [-0.15, -0.1) is 0 Å². The summed E-state index contributed by atoms with van der Waals surface area (Å²) < 4.78 is 23.7. The van der Waals surface area contributed by atoms with E-state index in [9.17, 15) is 13.2 Å². The molecule has 6 heteroatoms. The third-order valence-corrected chi connectivity index (χ3v) is 8.21. The van der Waals surface area contributed by atoms with Gasteiger partial charge in [-0.05, 0) is 29.2 Å². The maximum absolute atomic E-state index is 12.9. The standard InChI is InChI=1S/C27H26N2O3S/c30-27(21-15-16-33(31,32)18-21)28-17-23(19-9-3-1-4-10-19)25-22-13-7-8-14-24(22)29-26(25)20-11-5-2-6-12-20/h1-14,21,23,29H,15-18H2,(H,28,30)/t21-,23-/m0/s1. The lowest BCUT2D eigenvalue weighted by atomic mass is 9.87. The SMILES string of the molecule is O=C(NC[C@@H](c1ccccc1)c1c(-c2ccccc2)[nH]c2ccccc12)[C@H]1CCS(=O)(=O)C1. The fourth-order valence-corrected chi connectivity index (χ4v) is 6.52. The Morgan fingerprint density at radius 1 is 0.939 bits per heavy atom. The van der Waals surface area contributed by atoms with Gasteiger partial charge in [-0.2, -0.15) is 0 Å². The predicted octanol–water partition coefficient (Wildman–Crippen LogP) is 4.52. The van der Waals surface area contributed by atoms with Crippen LogP contribution >= 0.6 is 0 Å². The van der Waals surface area contributed by atoms with Crippen LogP contribution in [0.2, 0.25) is 0 Å². The van der Waals surface area contributed by atoms with Crippen molar-refractivity contribution in [2.24, 2.45) is 5.92 Å². The molecule has 4 aromatic rings. The molecule has 0 bridgehead atoms. The lowest BCUT2D eigenvalue weighted by Gasteiger charge is -2.21. The van der Waals surface area contributed by atoms with Crippen molar-refractivity contribution in [1.82, 2.24) is 10.3 Å². The van der Waals surface area contributed by atoms with Crippen LogP contribution < -0.4 is 5.32 Å². The Labute approximate surface area is 193 Å². The first-order chi connectivity index (χ1) is 16.0. The summed E-state index contributed by atoms with van der Waals surface area (Å²) in [5.74, 6) is -0.717. The van der Waals surface area contributed by atoms with Gasteiger partial charge in [-0.1, -0.05) is 78.9 Å². The number of benzene rings is 3. The minimum Gasteiger partial charge on any atom is -0.355 e. The lowest BCUT2D eigenvalue weighted by molar-refractivity contribution is -0.124. The lowest BCUT2D eigenvalue weighted by Crippen LogP contribution is -2.34. The second kappa shape index (κ2) is 8.87. The second-order valence-electron chi connectivity index (χ2n) is 8.63. The fourth-order valence-electron chi connectivity index (χ4n) is 4.78. The highest BCUT2D eigenvalue weighted by Crippen LogP contribution is 2.38. The first kappa shape index (κ1) is 21.5. The number of hydrogen-bond donors (Lipinski definition) is 2. The van der Waals surface area contributed by atoms with Crippen molar-refractivity contribution in [3.63, 3.8) is 0 Å². The zero-order valence-electron chi connectivity index (χ0n) is 18.2. The average Bonchev–Trinajstić information content (AvgIpc) is 3.41. The number of rotatable bonds is 6. The number of fused-ring (bicyclic) bond motifs is 1. The largest absolute Gasteiger partial charge is 0.355 e. The summed E-state index contributed by atoms with van der Waals surface area (Å²) in [6.45, 7) is 0.390. The normalized spacial score (nSPS) is 18.2. The van der Waals surface area contributed by atoms with E-state index in [2.05, 4.69) is 46.7 Å². The molecule has 1 aliphatic heterocycles. The molecule has 0 saturated carbocycles. The zero-order valence-corrected chi connectivity index (χ0v) is 19.0. The van der Waals surface area contributed by atoms with E-state index in [1.165, 1.54) is 0 Å². The van der Waals surface area contributed by atoms with Gasteiger partial charge in [0.25, 0.3) is 0 Å². The first-order valence-electron chi connectivity index (χ1n) is 11.2. The van der Waals surface area contributed by atoms with Crippen LogP contribution in [0.3, 0.4) is 0 Å². The van der Waals surface area contributed by atoms with Gasteiger partial charge in [0.05, 0.1) is 23.1 Å². The Balaban J connectivity index is 1.56. The number of hydrogen-bond acceptors (Lipinski definition) is 3. The number of amides is 1. The van der Waals surface area contributed by atoms with Crippen molar-refractivity contribution in [3.05, 3.63) is 96.1 Å². The average molecular weight is 459 g/mol. The van der Waals surface area contributed by atoms with E-state index in [0.717, 1.165) is 33.3 Å². The fraction of sp³-hybridized carbons (Fsp3) is 0.222. The molecule has 1 saturated heterocycles. The number of nitrogens with one attached hydrogen (secondary N) is 2. The molecular weight excluding hydrogens is 432 g/mol. The van der Waals surface area contributed by atoms with Crippen LogP contribution in [-0.4, -0.2) is 37.4 Å². The molecule has 2 heterocycles. The van der Waals surface area contributed by atoms with E-state index in [4.69, 9.17) is 0 Å². The number of carbonyl (C=O) groups is 1. The molecule has 0 radical (unpaired) electrons. The molecule has 1 aliphatic rings. The number of H-pyrrole nitrogens is 1. The maximum atomic E-state index is 12.9. The van der Waals surface area contributed by atoms with E-state index < -0.39 is 15.8 Å². The molecule has 168 valence electrons. The van der Waals surface area contributed by atoms with Gasteiger partial charge < -0.3 is 10.3 Å². The molecule has 2 atom stereocenters. The summed E-state index contributed by atoms with van der Waals surface area (Å²) in [7, 11) is -3.11. The van der Waals surface area contributed by atoms with Gasteiger partial charge >= 0.3 is 0 Å². The molecular formula is C27H26N2O3S. The molecule has 1 aromatic heterocycles. The van der Waals surface area contributed by atoms with E-state index in [1.807, 2.05) is 48.5 Å². The highest BCUT2D eigenvalue weighted by Gasteiger charge is 2.33. The van der Waals surface area contributed by atoms with Crippen molar-refractivity contribution >= 4 is 26.6 Å². The number of para-hydroxylation sites is 1. The van der Waals surface area contributed by atoms with Crippen molar-refractivity contribution in [3.8, 4) is 11.3 Å². The highest BCUT2D eigenvalue weighted by molar-refractivity contribution is 7.91. The van der Waals surface area contributed by atoms with Crippen molar-refractivity contribution < 1.29 is 13.2 Å². The van der Waals surface area contributed by atoms with Gasteiger partial charge in [0, 0.05) is 23.4 Å². The zero-order chi connectivity index (χ0) is 22.8. The molecule has 0 aliphatic carbocycles. The minimum absolute atomic E-state index is 0.0583. The first-order valence-corrected chi connectivity index (χ1v) is 13.0. The van der Waals surface area contributed by atoms with Crippen LogP contribution in [-0.2, 0) is 14.6 Å². The third kappa shape index (κ3) is 4.44. The molecule has 33 heavy (non-hydrogen) atoms. The Bertz CT molecular complexity index is 1380. The Morgan fingerprint density at radius 3 is 2.30 bits per heavy atom. The van der Waals surface area contributed by atoms with Crippen LogP contribution in [0.5, 0.6) is 0 Å². The van der Waals surface area contributed by atoms with E-state index >= 15 is 0 Å². The predicted molar refractivity (Wildman–Crippen MR) is 132 cm³/mol. The van der Waals surface area contributed by atoms with Gasteiger partial charge in [-0.25, -0.2) is 8.42 Å². The number of aromatic nitrogens is 1. The molecule has 0 spiro atoms. The summed E-state index contributed by atoms with van der Waals surface area (Å²) in [6, 6.07) is 28.5. The van der Waals surface area contributed by atoms with Gasteiger partial charge in [0.1, 0.15) is 0 Å². The number of carbonyl (C=O) groups excluding carboxylic acids is 1. The second-order valence-corrected chi connectivity index (χ2v) is 10.9. The van der Waals surface area contributed by atoms with Crippen LogP contribution in [0.15, 0.2) is 84.9 Å². The van der Waals surface area contributed by atoms with Gasteiger partial charge in [-0.3, -0.25) is 4.79 Å². The monoisotopic (exact) mass is 458 g/mol. The van der Waals surface area contributed by atoms with Gasteiger partial charge in [0.15, 0.2) is 9.84 Å². The van der Waals surface area contributed by atoms with Crippen LogP contribution in [0.25, 0.3) is 22.2 Å². The molecule has 1 amide bonds. The Hall–Kier alpha value is -3.38. The van der Waals surface area contributed by atoms with Crippen molar-refractivity contribution in [2.45, 2.75) is 12.3 Å². The Morgan fingerprint density at radius 2 is 1.61 bits per heavy atom. The quantitative estimate of drug-likeness (QED) is 0.446. The van der Waals surface area contributed by atoms with E-state index in [0.29, 0.717) is 13.0 Å². The molecule has 5 rings (SSSR count).